The Balaban J connectivity index is 1.81. The van der Waals surface area contributed by atoms with Crippen LogP contribution in [0.25, 0.3) is 0 Å². The second-order valence-electron chi connectivity index (χ2n) is 6.33. The molecule has 25 heavy (non-hydrogen) atoms. The number of fused-ring (bicyclic) bond motifs is 1. The van der Waals surface area contributed by atoms with Gasteiger partial charge >= 0.3 is 0 Å². The number of carbonyl (C=O) groups is 2. The average Bonchev–Trinajstić information content (AvgIpc) is 2.60. The van der Waals surface area contributed by atoms with E-state index in [1.165, 1.54) is 0 Å². The highest BCUT2D eigenvalue weighted by Crippen LogP contribution is 2.30. The highest BCUT2D eigenvalue weighted by atomic mass is 16.5. The molecule has 1 aliphatic rings. The molecule has 0 spiro atoms. The zero-order valence-corrected chi connectivity index (χ0v) is 14.5. The molecule has 3 rings (SSSR count). The van der Waals surface area contributed by atoms with Gasteiger partial charge in [-0.2, -0.15) is 0 Å². The number of anilines is 1. The fraction of sp³-hybridized carbons (Fsp3) is 0.300. The molecular weight excluding hydrogens is 316 g/mol. The first-order valence-corrected chi connectivity index (χ1v) is 8.40. The lowest BCUT2D eigenvalue weighted by atomic mass is 9.96. The van der Waals surface area contributed by atoms with Crippen LogP contribution < -0.4 is 15.4 Å². The number of hydrogen-bond acceptors (Lipinski definition) is 3. The van der Waals surface area contributed by atoms with E-state index in [4.69, 9.17) is 10.5 Å². The summed E-state index contributed by atoms with van der Waals surface area (Å²) in [7, 11) is 0. The van der Waals surface area contributed by atoms with E-state index in [0.717, 1.165) is 41.0 Å². The normalized spacial score (nSPS) is 13.3. The molecular formula is C20H22N2O3. The Morgan fingerprint density at radius 2 is 1.80 bits per heavy atom. The van der Waals surface area contributed by atoms with Crippen LogP contribution in [0.15, 0.2) is 36.4 Å². The first kappa shape index (κ1) is 17.0. The van der Waals surface area contributed by atoms with Crippen molar-refractivity contribution in [2.45, 2.75) is 26.7 Å². The van der Waals surface area contributed by atoms with Crippen LogP contribution in [0, 0.1) is 13.8 Å². The van der Waals surface area contributed by atoms with Gasteiger partial charge in [0.15, 0.2) is 6.61 Å². The smallest absolute Gasteiger partial charge is 0.264 e. The number of amides is 2. The van der Waals surface area contributed by atoms with E-state index in [2.05, 4.69) is 0 Å². The lowest BCUT2D eigenvalue weighted by Crippen LogP contribution is -2.39. The average molecular weight is 338 g/mol. The van der Waals surface area contributed by atoms with Crippen LogP contribution in [0.4, 0.5) is 5.69 Å². The summed E-state index contributed by atoms with van der Waals surface area (Å²) in [5.74, 6) is 0.169. The molecule has 2 aromatic rings. The highest BCUT2D eigenvalue weighted by molar-refractivity contribution is 6.00. The largest absolute Gasteiger partial charge is 0.483 e. The number of para-hydroxylation sites is 1. The zero-order valence-electron chi connectivity index (χ0n) is 14.5. The Morgan fingerprint density at radius 3 is 2.48 bits per heavy atom. The summed E-state index contributed by atoms with van der Waals surface area (Å²) < 4.78 is 5.79. The number of nitrogens with two attached hydrogens (primary N) is 1. The topological polar surface area (TPSA) is 72.6 Å². The highest BCUT2D eigenvalue weighted by Gasteiger charge is 2.25. The molecule has 1 heterocycles. The minimum absolute atomic E-state index is 0.0358. The summed E-state index contributed by atoms with van der Waals surface area (Å²) in [5.41, 5.74) is 9.57. The molecule has 0 bridgehead atoms. The third-order valence-corrected chi connectivity index (χ3v) is 4.57. The van der Waals surface area contributed by atoms with Gasteiger partial charge in [0.1, 0.15) is 5.75 Å². The monoisotopic (exact) mass is 338 g/mol. The van der Waals surface area contributed by atoms with Crippen molar-refractivity contribution in [1.29, 1.82) is 0 Å². The van der Waals surface area contributed by atoms with Gasteiger partial charge < -0.3 is 15.4 Å². The Kier molecular flexibility index (Phi) is 4.74. The number of hydrogen-bond donors (Lipinski definition) is 1. The molecule has 0 radical (unpaired) electrons. The van der Waals surface area contributed by atoms with E-state index in [0.29, 0.717) is 12.1 Å². The van der Waals surface area contributed by atoms with E-state index in [1.807, 2.05) is 38.1 Å². The zero-order chi connectivity index (χ0) is 18.0. The van der Waals surface area contributed by atoms with Crippen molar-refractivity contribution < 1.29 is 14.3 Å². The van der Waals surface area contributed by atoms with Crippen LogP contribution in [0.5, 0.6) is 5.75 Å². The van der Waals surface area contributed by atoms with Crippen molar-refractivity contribution in [2.24, 2.45) is 5.73 Å². The minimum atomic E-state index is -0.460. The Hall–Kier alpha value is -2.82. The number of benzene rings is 2. The van der Waals surface area contributed by atoms with Crippen molar-refractivity contribution >= 4 is 17.5 Å². The van der Waals surface area contributed by atoms with Gasteiger partial charge in [-0.3, -0.25) is 9.59 Å². The van der Waals surface area contributed by atoms with Gasteiger partial charge in [-0.15, -0.1) is 0 Å². The van der Waals surface area contributed by atoms with Gasteiger partial charge in [0.25, 0.3) is 5.91 Å². The third kappa shape index (κ3) is 3.36. The van der Waals surface area contributed by atoms with E-state index in [-0.39, 0.29) is 12.5 Å². The maximum atomic E-state index is 12.7. The number of nitrogens with zero attached hydrogens (tertiary/aromatic N) is 1. The predicted octanol–water partition coefficient (Wildman–Crippen LogP) is 2.76. The summed E-state index contributed by atoms with van der Waals surface area (Å²) in [5, 5.41) is 0. The minimum Gasteiger partial charge on any atom is -0.483 e. The predicted molar refractivity (Wildman–Crippen MR) is 97.0 cm³/mol. The van der Waals surface area contributed by atoms with Gasteiger partial charge in [-0.25, -0.2) is 0 Å². The lowest BCUT2D eigenvalue weighted by molar-refractivity contribution is -0.120. The van der Waals surface area contributed by atoms with E-state index in [1.54, 1.807) is 17.0 Å². The number of ether oxygens (including phenoxy) is 1. The summed E-state index contributed by atoms with van der Waals surface area (Å²) in [6.07, 6.45) is 1.54. The van der Waals surface area contributed by atoms with Crippen molar-refractivity contribution in [3.63, 3.8) is 0 Å². The first-order valence-electron chi connectivity index (χ1n) is 8.40. The van der Waals surface area contributed by atoms with E-state index in [9.17, 15) is 9.59 Å². The molecule has 2 amide bonds. The standard InChI is InChI=1S/C20H22N2O3/c1-13-6-3-7-14(2)19(13)25-12-18(23)22-11-5-9-15-16(20(21)24)8-4-10-17(15)22/h3-4,6-8,10H,5,9,11-12H2,1-2H3,(H2,21,24). The first-order chi connectivity index (χ1) is 12.0. The van der Waals surface area contributed by atoms with Crippen LogP contribution in [-0.2, 0) is 11.2 Å². The molecule has 0 unspecified atom stereocenters. The number of carbonyl (C=O) groups excluding carboxylic acids is 2. The van der Waals surface area contributed by atoms with Crippen molar-refractivity contribution in [3.8, 4) is 5.75 Å². The maximum Gasteiger partial charge on any atom is 0.264 e. The Bertz CT molecular complexity index is 809. The fourth-order valence-corrected chi connectivity index (χ4v) is 3.35. The van der Waals surface area contributed by atoms with E-state index >= 15 is 0 Å². The van der Waals surface area contributed by atoms with Crippen LogP contribution >= 0.6 is 0 Å². The molecule has 1 aliphatic heterocycles. The fourth-order valence-electron chi connectivity index (χ4n) is 3.35. The van der Waals surface area contributed by atoms with Crippen LogP contribution in [0.3, 0.4) is 0 Å². The molecule has 0 saturated carbocycles. The molecule has 5 heteroatoms. The van der Waals surface area contributed by atoms with Gasteiger partial charge in [0.05, 0.1) is 0 Å². The SMILES string of the molecule is Cc1cccc(C)c1OCC(=O)N1CCCc2c(C(N)=O)cccc21. The van der Waals surface area contributed by atoms with Crippen LogP contribution in [0.1, 0.15) is 33.5 Å². The summed E-state index contributed by atoms with van der Waals surface area (Å²) in [6.45, 7) is 4.50. The summed E-state index contributed by atoms with van der Waals surface area (Å²) in [6, 6.07) is 11.2. The molecule has 0 aliphatic carbocycles. The van der Waals surface area contributed by atoms with Crippen molar-refractivity contribution in [1.82, 2.24) is 0 Å². The molecule has 2 N–H and O–H groups in total. The van der Waals surface area contributed by atoms with Crippen LogP contribution in [-0.4, -0.2) is 25.0 Å². The molecule has 0 atom stereocenters. The molecule has 0 aromatic heterocycles. The van der Waals surface area contributed by atoms with Crippen molar-refractivity contribution in [2.75, 3.05) is 18.1 Å². The van der Waals surface area contributed by atoms with Crippen molar-refractivity contribution in [3.05, 3.63) is 58.7 Å². The van der Waals surface area contributed by atoms with Gasteiger partial charge in [-0.1, -0.05) is 24.3 Å². The Morgan fingerprint density at radius 1 is 1.12 bits per heavy atom. The van der Waals surface area contributed by atoms with E-state index < -0.39 is 5.91 Å². The molecule has 2 aromatic carbocycles. The Labute approximate surface area is 147 Å². The van der Waals surface area contributed by atoms with Gasteiger partial charge in [0.2, 0.25) is 5.91 Å². The third-order valence-electron chi connectivity index (χ3n) is 4.57. The van der Waals surface area contributed by atoms with Gasteiger partial charge in [-0.05, 0) is 55.5 Å². The number of primary amides is 1. The lowest BCUT2D eigenvalue weighted by Gasteiger charge is -2.30. The van der Waals surface area contributed by atoms with Crippen LogP contribution in [0.2, 0.25) is 0 Å². The number of rotatable bonds is 4. The van der Waals surface area contributed by atoms with Gasteiger partial charge in [0, 0.05) is 17.8 Å². The maximum absolute atomic E-state index is 12.7. The molecule has 5 nitrogen and oxygen atoms in total. The second-order valence-corrected chi connectivity index (χ2v) is 6.33. The number of aryl methyl sites for hydroxylation is 2. The molecule has 0 saturated heterocycles. The summed E-state index contributed by atoms with van der Waals surface area (Å²) in [4.78, 5) is 26.0. The molecule has 0 fully saturated rings. The molecule has 130 valence electrons. The quantitative estimate of drug-likeness (QED) is 0.931. The second kappa shape index (κ2) is 6.97. The summed E-state index contributed by atoms with van der Waals surface area (Å²) >= 11 is 0.